The molecular weight excluding hydrogens is 234 g/mol. The number of thioether (sulfide) groups is 1. The van der Waals surface area contributed by atoms with E-state index in [0.717, 1.165) is 11.8 Å². The average Bonchev–Trinajstić information content (AvgIpc) is 2.58. The van der Waals surface area contributed by atoms with E-state index in [2.05, 4.69) is 20.8 Å². The van der Waals surface area contributed by atoms with E-state index < -0.39 is 0 Å². The highest BCUT2D eigenvalue weighted by Gasteiger charge is 2.31. The molecule has 1 heterocycles. The Morgan fingerprint density at radius 2 is 1.71 bits per heavy atom. The van der Waals surface area contributed by atoms with E-state index >= 15 is 0 Å². The minimum absolute atomic E-state index is 0.0757. The molecule has 2 rings (SSSR count). The molecule has 0 N–H and O–H groups in total. The first kappa shape index (κ1) is 12.2. The molecule has 1 fully saturated rings. The number of rotatable bonds is 1. The van der Waals surface area contributed by atoms with Crippen LogP contribution in [-0.4, -0.2) is 16.9 Å². The van der Waals surface area contributed by atoms with Crippen LogP contribution in [-0.2, 0) is 10.2 Å². The van der Waals surface area contributed by atoms with Crippen molar-refractivity contribution in [3.8, 4) is 0 Å². The standard InChI is InChI=1S/C13H15NO2S/c1-13(2,3)9-4-6-10(7-5-9)14-11(15)8-17-12(14)16/h4-7H,8H2,1-3H3. The number of hydrogen-bond donors (Lipinski definition) is 0. The average molecular weight is 249 g/mol. The number of anilines is 1. The second-order valence-corrected chi connectivity index (χ2v) is 6.01. The SMILES string of the molecule is CC(C)(C)c1ccc(N2C(=O)CSC2=O)cc1. The second kappa shape index (κ2) is 4.18. The van der Waals surface area contributed by atoms with Gasteiger partial charge in [0.25, 0.3) is 5.24 Å². The number of nitrogens with zero attached hydrogens (tertiary/aromatic N) is 1. The lowest BCUT2D eigenvalue weighted by Gasteiger charge is -2.20. The van der Waals surface area contributed by atoms with Crippen molar-refractivity contribution in [1.82, 2.24) is 0 Å². The molecule has 1 aliphatic heterocycles. The zero-order valence-corrected chi connectivity index (χ0v) is 11.0. The maximum Gasteiger partial charge on any atom is 0.293 e. The molecule has 4 heteroatoms. The van der Waals surface area contributed by atoms with Gasteiger partial charge in [-0.15, -0.1) is 0 Å². The van der Waals surface area contributed by atoms with Gasteiger partial charge < -0.3 is 0 Å². The molecular formula is C13H15NO2S. The van der Waals surface area contributed by atoms with Gasteiger partial charge in [0.2, 0.25) is 5.91 Å². The first-order chi connectivity index (χ1) is 7.89. The van der Waals surface area contributed by atoms with E-state index in [9.17, 15) is 9.59 Å². The number of benzene rings is 1. The summed E-state index contributed by atoms with van der Waals surface area (Å²) >= 11 is 1.06. The van der Waals surface area contributed by atoms with E-state index in [-0.39, 0.29) is 22.3 Å². The number of carbonyl (C=O) groups is 2. The van der Waals surface area contributed by atoms with Crippen LogP contribution in [0.3, 0.4) is 0 Å². The Morgan fingerprint density at radius 3 is 2.12 bits per heavy atom. The molecule has 0 atom stereocenters. The highest BCUT2D eigenvalue weighted by molar-refractivity contribution is 8.15. The van der Waals surface area contributed by atoms with Gasteiger partial charge in [0.15, 0.2) is 0 Å². The molecule has 1 aromatic carbocycles. The topological polar surface area (TPSA) is 37.4 Å². The Hall–Kier alpha value is -1.29. The molecule has 90 valence electrons. The predicted octanol–water partition coefficient (Wildman–Crippen LogP) is 3.18. The fourth-order valence-corrected chi connectivity index (χ4v) is 2.43. The van der Waals surface area contributed by atoms with Gasteiger partial charge in [0.1, 0.15) is 0 Å². The maximum absolute atomic E-state index is 11.6. The summed E-state index contributed by atoms with van der Waals surface area (Å²) in [5, 5.41) is -0.182. The van der Waals surface area contributed by atoms with Crippen LogP contribution in [0.4, 0.5) is 10.5 Å². The number of carbonyl (C=O) groups excluding carboxylic acids is 2. The summed E-state index contributed by atoms with van der Waals surface area (Å²) in [6.07, 6.45) is 0. The Labute approximate surface area is 105 Å². The Morgan fingerprint density at radius 1 is 1.12 bits per heavy atom. The maximum atomic E-state index is 11.6. The molecule has 0 saturated carbocycles. The van der Waals surface area contributed by atoms with E-state index in [1.54, 1.807) is 0 Å². The zero-order chi connectivity index (χ0) is 12.6. The molecule has 17 heavy (non-hydrogen) atoms. The number of hydrogen-bond acceptors (Lipinski definition) is 3. The van der Waals surface area contributed by atoms with Crippen LogP contribution in [0, 0.1) is 0 Å². The normalized spacial score (nSPS) is 16.8. The highest BCUT2D eigenvalue weighted by Crippen LogP contribution is 2.29. The van der Waals surface area contributed by atoms with E-state index in [4.69, 9.17) is 0 Å². The Balaban J connectivity index is 2.30. The summed E-state index contributed by atoms with van der Waals surface area (Å²) in [5.74, 6) is 0.114. The fraction of sp³-hybridized carbons (Fsp3) is 0.385. The molecule has 0 unspecified atom stereocenters. The van der Waals surface area contributed by atoms with Crippen molar-refractivity contribution in [3.05, 3.63) is 29.8 Å². The summed E-state index contributed by atoms with van der Waals surface area (Å²) in [6.45, 7) is 6.39. The smallest absolute Gasteiger partial charge is 0.273 e. The van der Waals surface area contributed by atoms with Crippen molar-refractivity contribution < 1.29 is 9.59 Å². The molecule has 0 radical (unpaired) electrons. The molecule has 0 aromatic heterocycles. The van der Waals surface area contributed by atoms with E-state index in [1.165, 1.54) is 10.5 Å². The van der Waals surface area contributed by atoms with Gasteiger partial charge in [-0.25, -0.2) is 4.90 Å². The summed E-state index contributed by atoms with van der Waals surface area (Å²) < 4.78 is 0. The van der Waals surface area contributed by atoms with Gasteiger partial charge >= 0.3 is 0 Å². The quantitative estimate of drug-likeness (QED) is 0.767. The van der Waals surface area contributed by atoms with Crippen LogP contribution in [0.25, 0.3) is 0 Å². The van der Waals surface area contributed by atoms with Crippen LogP contribution >= 0.6 is 11.8 Å². The predicted molar refractivity (Wildman–Crippen MR) is 70.5 cm³/mol. The minimum Gasteiger partial charge on any atom is -0.273 e. The van der Waals surface area contributed by atoms with Gasteiger partial charge in [-0.3, -0.25) is 9.59 Å². The molecule has 1 aliphatic rings. The summed E-state index contributed by atoms with van der Waals surface area (Å²) in [7, 11) is 0. The molecule has 2 amide bonds. The molecule has 0 aliphatic carbocycles. The monoisotopic (exact) mass is 249 g/mol. The van der Waals surface area contributed by atoms with Crippen LogP contribution < -0.4 is 4.90 Å². The lowest BCUT2D eigenvalue weighted by molar-refractivity contribution is -0.115. The summed E-state index contributed by atoms with van der Waals surface area (Å²) in [5.41, 5.74) is 1.93. The summed E-state index contributed by atoms with van der Waals surface area (Å²) in [6, 6.07) is 7.61. The second-order valence-electron chi connectivity index (χ2n) is 5.08. The van der Waals surface area contributed by atoms with Crippen molar-refractivity contribution in [2.24, 2.45) is 0 Å². The van der Waals surface area contributed by atoms with Crippen molar-refractivity contribution in [2.45, 2.75) is 26.2 Å². The fourth-order valence-electron chi connectivity index (χ4n) is 1.71. The van der Waals surface area contributed by atoms with Crippen molar-refractivity contribution in [2.75, 3.05) is 10.7 Å². The molecule has 1 saturated heterocycles. The van der Waals surface area contributed by atoms with Crippen LogP contribution in [0.1, 0.15) is 26.3 Å². The van der Waals surface area contributed by atoms with Crippen LogP contribution in [0.2, 0.25) is 0 Å². The molecule has 0 bridgehead atoms. The first-order valence-electron chi connectivity index (χ1n) is 5.50. The minimum atomic E-state index is -0.182. The first-order valence-corrected chi connectivity index (χ1v) is 6.48. The number of amides is 2. The third-order valence-corrected chi connectivity index (χ3v) is 3.56. The van der Waals surface area contributed by atoms with Crippen molar-refractivity contribution in [3.63, 3.8) is 0 Å². The van der Waals surface area contributed by atoms with E-state index in [0.29, 0.717) is 5.69 Å². The summed E-state index contributed by atoms with van der Waals surface area (Å²) in [4.78, 5) is 24.3. The third kappa shape index (κ3) is 2.36. The Kier molecular flexibility index (Phi) is 3.00. The zero-order valence-electron chi connectivity index (χ0n) is 10.2. The van der Waals surface area contributed by atoms with Crippen LogP contribution in [0.5, 0.6) is 0 Å². The van der Waals surface area contributed by atoms with Crippen LogP contribution in [0.15, 0.2) is 24.3 Å². The van der Waals surface area contributed by atoms with Gasteiger partial charge in [0.05, 0.1) is 11.4 Å². The Bertz CT molecular complexity index is 443. The van der Waals surface area contributed by atoms with E-state index in [1.807, 2.05) is 24.3 Å². The van der Waals surface area contributed by atoms with Gasteiger partial charge in [-0.05, 0) is 23.1 Å². The lowest BCUT2D eigenvalue weighted by Crippen LogP contribution is -2.28. The largest absolute Gasteiger partial charge is 0.293 e. The highest BCUT2D eigenvalue weighted by atomic mass is 32.2. The lowest BCUT2D eigenvalue weighted by atomic mass is 9.87. The molecule has 1 aromatic rings. The molecule has 0 spiro atoms. The van der Waals surface area contributed by atoms with Gasteiger partial charge in [-0.2, -0.15) is 0 Å². The third-order valence-electron chi connectivity index (χ3n) is 2.74. The molecule has 3 nitrogen and oxygen atoms in total. The van der Waals surface area contributed by atoms with Crippen molar-refractivity contribution in [1.29, 1.82) is 0 Å². The van der Waals surface area contributed by atoms with Gasteiger partial charge in [0, 0.05) is 0 Å². The van der Waals surface area contributed by atoms with Crippen molar-refractivity contribution >= 4 is 28.6 Å². The number of imide groups is 1. The van der Waals surface area contributed by atoms with Gasteiger partial charge in [-0.1, -0.05) is 44.7 Å².